The zero-order valence-electron chi connectivity index (χ0n) is 14.0. The van der Waals surface area contributed by atoms with E-state index in [1.807, 2.05) is 6.92 Å². The number of carbonyl (C=O) groups is 2. The largest absolute Gasteiger partial charge is 0.508 e. The number of hydrogen-bond acceptors (Lipinski definition) is 6. The number of alkyl halides is 1. The lowest BCUT2D eigenvalue weighted by molar-refractivity contribution is -0.173. The summed E-state index contributed by atoms with van der Waals surface area (Å²) in [6, 6.07) is 4.16. The van der Waals surface area contributed by atoms with Crippen LogP contribution in [0.2, 0.25) is 0 Å². The molecule has 0 radical (unpaired) electrons. The lowest BCUT2D eigenvalue weighted by atomic mass is 9.57. The minimum Gasteiger partial charge on any atom is -0.508 e. The summed E-state index contributed by atoms with van der Waals surface area (Å²) in [4.78, 5) is 25.9. The highest BCUT2D eigenvalue weighted by Crippen LogP contribution is 2.55. The first kappa shape index (κ1) is 17.7. The Morgan fingerprint density at radius 2 is 1.88 bits per heavy atom. The summed E-state index contributed by atoms with van der Waals surface area (Å²) >= 11 is 6.36. The van der Waals surface area contributed by atoms with Crippen LogP contribution in [0.1, 0.15) is 41.8 Å². The van der Waals surface area contributed by atoms with Gasteiger partial charge in [0.15, 0.2) is 11.6 Å². The Kier molecular flexibility index (Phi) is 3.83. The molecule has 7 heteroatoms. The Labute approximate surface area is 154 Å². The molecule has 0 unspecified atom stereocenters. The van der Waals surface area contributed by atoms with Gasteiger partial charge in [0, 0.05) is 23.1 Å². The SMILES string of the molecule is C[C@@H]1CC(=O)C2=C(C1)[C@@H](Cl)[C@@H](O)[C@]1(O)[C@H]2C(=O)c2cccc(O)c2[C@@H]1O. The van der Waals surface area contributed by atoms with E-state index in [0.29, 0.717) is 12.0 Å². The molecule has 1 aromatic rings. The van der Waals surface area contributed by atoms with E-state index in [1.54, 1.807) is 0 Å². The number of carbonyl (C=O) groups excluding carboxylic acids is 2. The molecule has 0 heterocycles. The molecule has 0 aromatic heterocycles. The fourth-order valence-corrected chi connectivity index (χ4v) is 5.11. The molecule has 0 saturated heterocycles. The number of benzene rings is 1. The molecule has 0 aliphatic heterocycles. The van der Waals surface area contributed by atoms with E-state index in [9.17, 15) is 30.0 Å². The zero-order chi connectivity index (χ0) is 19.0. The van der Waals surface area contributed by atoms with Crippen molar-refractivity contribution in [2.75, 3.05) is 0 Å². The standard InChI is InChI=1S/C19H19ClO6/c1-7-5-9-12(11(22)6-7)14-16(23)8-3-2-4-10(21)13(8)17(24)19(14,26)18(25)15(9)20/h2-4,7,14-15,17-18,21,24-26H,5-6H2,1H3/t7-,14+,15+,17-,18+,19-/m0/s1. The van der Waals surface area contributed by atoms with Crippen LogP contribution in [0.4, 0.5) is 0 Å². The monoisotopic (exact) mass is 378 g/mol. The number of aromatic hydroxyl groups is 1. The summed E-state index contributed by atoms with van der Waals surface area (Å²) in [5.41, 5.74) is -1.94. The Bertz CT molecular complexity index is 862. The molecule has 6 nitrogen and oxygen atoms in total. The lowest BCUT2D eigenvalue weighted by Gasteiger charge is -2.52. The van der Waals surface area contributed by atoms with Gasteiger partial charge in [0.2, 0.25) is 0 Å². The molecule has 138 valence electrons. The predicted octanol–water partition coefficient (Wildman–Crippen LogP) is 1.25. The highest BCUT2D eigenvalue weighted by Gasteiger charge is 2.64. The topological polar surface area (TPSA) is 115 Å². The Morgan fingerprint density at radius 1 is 1.19 bits per heavy atom. The number of phenolic OH excluding ortho intramolecular Hbond substituents is 1. The fraction of sp³-hybridized carbons (Fsp3) is 0.474. The smallest absolute Gasteiger partial charge is 0.174 e. The first-order valence-corrected chi connectivity index (χ1v) is 8.98. The van der Waals surface area contributed by atoms with Gasteiger partial charge in [-0.05, 0) is 24.0 Å². The van der Waals surface area contributed by atoms with Gasteiger partial charge in [-0.3, -0.25) is 9.59 Å². The van der Waals surface area contributed by atoms with Crippen molar-refractivity contribution in [1.29, 1.82) is 0 Å². The number of rotatable bonds is 0. The molecule has 3 aliphatic rings. The van der Waals surface area contributed by atoms with E-state index in [1.165, 1.54) is 18.2 Å². The van der Waals surface area contributed by atoms with Crippen molar-refractivity contribution in [3.63, 3.8) is 0 Å². The summed E-state index contributed by atoms with van der Waals surface area (Å²) in [6.07, 6.45) is -2.78. The van der Waals surface area contributed by atoms with Crippen LogP contribution in [-0.2, 0) is 4.79 Å². The van der Waals surface area contributed by atoms with E-state index in [0.717, 1.165) is 0 Å². The number of ketones is 2. The van der Waals surface area contributed by atoms with Crippen molar-refractivity contribution in [3.05, 3.63) is 40.5 Å². The van der Waals surface area contributed by atoms with E-state index >= 15 is 0 Å². The second-order valence-electron chi connectivity index (χ2n) is 7.55. The molecule has 4 N–H and O–H groups in total. The molecule has 0 fully saturated rings. The highest BCUT2D eigenvalue weighted by molar-refractivity contribution is 6.24. The third-order valence-corrected chi connectivity index (χ3v) is 6.41. The molecule has 4 rings (SSSR count). The van der Waals surface area contributed by atoms with Gasteiger partial charge in [-0.1, -0.05) is 19.1 Å². The Hall–Kier alpha value is -1.73. The maximum Gasteiger partial charge on any atom is 0.174 e. The first-order chi connectivity index (χ1) is 12.2. The molecule has 3 aliphatic carbocycles. The number of hydrogen-bond donors (Lipinski definition) is 4. The van der Waals surface area contributed by atoms with Gasteiger partial charge in [-0.15, -0.1) is 11.6 Å². The second kappa shape index (κ2) is 5.63. The van der Waals surface area contributed by atoms with Crippen molar-refractivity contribution >= 4 is 23.2 Å². The van der Waals surface area contributed by atoms with Crippen molar-refractivity contribution in [2.45, 2.75) is 43.0 Å². The summed E-state index contributed by atoms with van der Waals surface area (Å²) in [5.74, 6) is -2.67. The van der Waals surface area contributed by atoms with E-state index in [2.05, 4.69) is 0 Å². The molecular formula is C19H19ClO6. The molecular weight excluding hydrogens is 360 g/mol. The van der Waals surface area contributed by atoms with Crippen molar-refractivity contribution in [1.82, 2.24) is 0 Å². The number of Topliss-reactive ketones (excluding diaryl/α,β-unsaturated/α-hetero) is 2. The van der Waals surface area contributed by atoms with Gasteiger partial charge in [0.25, 0.3) is 0 Å². The van der Waals surface area contributed by atoms with Crippen LogP contribution in [0.25, 0.3) is 0 Å². The summed E-state index contributed by atoms with van der Waals surface area (Å²) in [7, 11) is 0. The molecule has 0 saturated carbocycles. The maximum absolute atomic E-state index is 13.2. The van der Waals surface area contributed by atoms with Crippen LogP contribution in [0.15, 0.2) is 29.3 Å². The molecule has 26 heavy (non-hydrogen) atoms. The zero-order valence-corrected chi connectivity index (χ0v) is 14.8. The maximum atomic E-state index is 13.2. The van der Waals surface area contributed by atoms with Gasteiger partial charge in [0.05, 0.1) is 11.3 Å². The van der Waals surface area contributed by atoms with Crippen LogP contribution < -0.4 is 0 Å². The molecule has 1 aromatic carbocycles. The van der Waals surface area contributed by atoms with E-state index in [-0.39, 0.29) is 40.6 Å². The molecule has 0 bridgehead atoms. The normalized spacial score (nSPS) is 39.3. The third kappa shape index (κ3) is 2.04. The molecule has 0 spiro atoms. The number of halogens is 1. The Balaban J connectivity index is 2.01. The third-order valence-electron chi connectivity index (χ3n) is 5.91. The van der Waals surface area contributed by atoms with Crippen LogP contribution in [-0.4, -0.2) is 49.1 Å². The average Bonchev–Trinajstić information content (AvgIpc) is 2.58. The fourth-order valence-electron chi connectivity index (χ4n) is 4.70. The summed E-state index contributed by atoms with van der Waals surface area (Å²) < 4.78 is 0. The van der Waals surface area contributed by atoms with Gasteiger partial charge in [-0.25, -0.2) is 0 Å². The molecule has 6 atom stereocenters. The number of aliphatic hydroxyl groups excluding tert-OH is 2. The van der Waals surface area contributed by atoms with Crippen LogP contribution in [0.5, 0.6) is 5.75 Å². The van der Waals surface area contributed by atoms with Crippen LogP contribution in [0.3, 0.4) is 0 Å². The van der Waals surface area contributed by atoms with Gasteiger partial charge >= 0.3 is 0 Å². The first-order valence-electron chi connectivity index (χ1n) is 8.54. The minimum absolute atomic E-state index is 0.0147. The van der Waals surface area contributed by atoms with E-state index < -0.39 is 34.9 Å². The van der Waals surface area contributed by atoms with Crippen LogP contribution >= 0.6 is 11.6 Å². The van der Waals surface area contributed by atoms with Crippen molar-refractivity contribution in [2.24, 2.45) is 11.8 Å². The number of fused-ring (bicyclic) bond motifs is 3. The van der Waals surface area contributed by atoms with Crippen molar-refractivity contribution in [3.8, 4) is 5.75 Å². The lowest BCUT2D eigenvalue weighted by Crippen LogP contribution is -2.65. The van der Waals surface area contributed by atoms with Crippen LogP contribution in [0, 0.1) is 11.8 Å². The van der Waals surface area contributed by atoms with Gasteiger partial charge < -0.3 is 20.4 Å². The summed E-state index contributed by atoms with van der Waals surface area (Å²) in [5, 5.41) is 41.8. The van der Waals surface area contributed by atoms with Gasteiger partial charge in [-0.2, -0.15) is 0 Å². The summed E-state index contributed by atoms with van der Waals surface area (Å²) in [6.45, 7) is 1.88. The van der Waals surface area contributed by atoms with E-state index in [4.69, 9.17) is 11.6 Å². The van der Waals surface area contributed by atoms with Crippen molar-refractivity contribution < 1.29 is 30.0 Å². The second-order valence-corrected chi connectivity index (χ2v) is 8.02. The number of aliphatic hydroxyl groups is 3. The Morgan fingerprint density at radius 3 is 2.58 bits per heavy atom. The average molecular weight is 379 g/mol. The number of phenols is 1. The minimum atomic E-state index is -2.38. The van der Waals surface area contributed by atoms with Gasteiger partial charge in [0.1, 0.15) is 23.6 Å². The highest BCUT2D eigenvalue weighted by atomic mass is 35.5. The molecule has 0 amide bonds. The predicted molar refractivity (Wildman–Crippen MR) is 91.9 cm³/mol. The quantitative estimate of drug-likeness (QED) is 0.505.